The maximum atomic E-state index is 12.2. The minimum atomic E-state index is -0.238. The molecular formula is C19H20N2O4. The van der Waals surface area contributed by atoms with E-state index in [-0.39, 0.29) is 30.9 Å². The highest BCUT2D eigenvalue weighted by Crippen LogP contribution is 2.24. The number of rotatable bonds is 6. The van der Waals surface area contributed by atoms with Crippen LogP contribution in [0.2, 0.25) is 0 Å². The Labute approximate surface area is 146 Å². The lowest BCUT2D eigenvalue weighted by atomic mass is 10.2. The van der Waals surface area contributed by atoms with Gasteiger partial charge >= 0.3 is 0 Å². The average Bonchev–Trinajstić information content (AvgIpc) is 3.01. The van der Waals surface area contributed by atoms with Crippen LogP contribution in [0, 0.1) is 0 Å². The monoisotopic (exact) mass is 340 g/mol. The number of anilines is 1. The van der Waals surface area contributed by atoms with Crippen LogP contribution in [0.1, 0.15) is 6.42 Å². The van der Waals surface area contributed by atoms with Gasteiger partial charge in [-0.3, -0.25) is 9.59 Å². The van der Waals surface area contributed by atoms with Crippen LogP contribution < -0.4 is 19.7 Å². The second kappa shape index (κ2) is 7.70. The Morgan fingerprint density at radius 3 is 2.52 bits per heavy atom. The zero-order valence-corrected chi connectivity index (χ0v) is 14.0. The van der Waals surface area contributed by atoms with Gasteiger partial charge in [0.05, 0.1) is 13.2 Å². The number of nitrogens with zero attached hydrogens (tertiary/aromatic N) is 1. The summed E-state index contributed by atoms with van der Waals surface area (Å²) in [7, 11) is 1.60. The minimum absolute atomic E-state index is 0.0144. The van der Waals surface area contributed by atoms with Crippen molar-refractivity contribution in [1.29, 1.82) is 0 Å². The normalized spacial score (nSPS) is 16.6. The van der Waals surface area contributed by atoms with Gasteiger partial charge in [-0.15, -0.1) is 0 Å². The summed E-state index contributed by atoms with van der Waals surface area (Å²) >= 11 is 0. The van der Waals surface area contributed by atoms with E-state index in [4.69, 9.17) is 9.47 Å². The predicted molar refractivity (Wildman–Crippen MR) is 93.8 cm³/mol. The third-order valence-electron chi connectivity index (χ3n) is 3.99. The van der Waals surface area contributed by atoms with Crippen molar-refractivity contribution >= 4 is 17.5 Å². The summed E-state index contributed by atoms with van der Waals surface area (Å²) in [6.45, 7) is 0.374. The molecule has 1 heterocycles. The van der Waals surface area contributed by atoms with Crippen LogP contribution in [-0.2, 0) is 9.59 Å². The molecular weight excluding hydrogens is 320 g/mol. The van der Waals surface area contributed by atoms with E-state index in [9.17, 15) is 9.59 Å². The maximum absolute atomic E-state index is 12.2. The van der Waals surface area contributed by atoms with Crippen LogP contribution in [0.25, 0.3) is 0 Å². The van der Waals surface area contributed by atoms with Crippen molar-refractivity contribution in [3.63, 3.8) is 0 Å². The Hall–Kier alpha value is -3.02. The molecule has 0 spiro atoms. The highest BCUT2D eigenvalue weighted by molar-refractivity contribution is 5.97. The largest absolute Gasteiger partial charge is 0.497 e. The van der Waals surface area contributed by atoms with E-state index in [0.29, 0.717) is 12.3 Å². The second-order valence-corrected chi connectivity index (χ2v) is 5.77. The summed E-state index contributed by atoms with van der Waals surface area (Å²) in [5, 5.41) is 2.85. The molecule has 0 unspecified atom stereocenters. The summed E-state index contributed by atoms with van der Waals surface area (Å²) < 4.78 is 10.5. The average molecular weight is 340 g/mol. The number of methoxy groups -OCH3 is 1. The fourth-order valence-electron chi connectivity index (χ4n) is 2.75. The topological polar surface area (TPSA) is 67.9 Å². The van der Waals surface area contributed by atoms with Gasteiger partial charge in [-0.1, -0.05) is 18.2 Å². The molecule has 0 aliphatic carbocycles. The zero-order valence-electron chi connectivity index (χ0n) is 14.0. The molecule has 1 saturated heterocycles. The van der Waals surface area contributed by atoms with E-state index in [1.165, 1.54) is 0 Å². The van der Waals surface area contributed by atoms with Crippen molar-refractivity contribution in [3.05, 3.63) is 54.6 Å². The van der Waals surface area contributed by atoms with Crippen molar-refractivity contribution in [1.82, 2.24) is 5.32 Å². The molecule has 1 fully saturated rings. The number of hydrogen-bond donors (Lipinski definition) is 1. The molecule has 0 saturated carbocycles. The van der Waals surface area contributed by atoms with E-state index in [0.717, 1.165) is 11.4 Å². The van der Waals surface area contributed by atoms with Gasteiger partial charge in [0.15, 0.2) is 6.61 Å². The molecule has 3 rings (SSSR count). The third-order valence-corrected chi connectivity index (χ3v) is 3.99. The number of ether oxygens (including phenoxy) is 2. The molecule has 25 heavy (non-hydrogen) atoms. The fourth-order valence-corrected chi connectivity index (χ4v) is 2.75. The van der Waals surface area contributed by atoms with E-state index < -0.39 is 0 Å². The Bertz CT molecular complexity index is 731. The first-order valence-corrected chi connectivity index (χ1v) is 8.07. The van der Waals surface area contributed by atoms with Crippen LogP contribution in [0.4, 0.5) is 5.69 Å². The highest BCUT2D eigenvalue weighted by Gasteiger charge is 2.31. The van der Waals surface area contributed by atoms with E-state index in [2.05, 4.69) is 5.32 Å². The van der Waals surface area contributed by atoms with Crippen LogP contribution in [-0.4, -0.2) is 38.1 Å². The molecule has 0 radical (unpaired) electrons. The van der Waals surface area contributed by atoms with Crippen molar-refractivity contribution in [2.45, 2.75) is 12.5 Å². The molecule has 2 aromatic rings. The molecule has 1 atom stereocenters. The lowest BCUT2D eigenvalue weighted by Gasteiger charge is -2.17. The van der Waals surface area contributed by atoms with Gasteiger partial charge in [0.1, 0.15) is 11.5 Å². The molecule has 1 aliphatic rings. The van der Waals surface area contributed by atoms with Crippen molar-refractivity contribution < 1.29 is 19.1 Å². The summed E-state index contributed by atoms with van der Waals surface area (Å²) in [4.78, 5) is 25.9. The first-order valence-electron chi connectivity index (χ1n) is 8.07. The standard InChI is InChI=1S/C19H20N2O4/c1-24-16-9-7-15(8-10-16)21-12-14(11-19(21)23)20-18(22)13-25-17-5-3-2-4-6-17/h2-10,14H,11-13H2,1H3,(H,20,22)/t14-/m1/s1. The lowest BCUT2D eigenvalue weighted by molar-refractivity contribution is -0.123. The number of para-hydroxylation sites is 1. The van der Waals surface area contributed by atoms with Crippen molar-refractivity contribution in [3.8, 4) is 11.5 Å². The van der Waals surface area contributed by atoms with Gasteiger partial charge in [0.25, 0.3) is 5.91 Å². The van der Waals surface area contributed by atoms with Gasteiger partial charge in [-0.25, -0.2) is 0 Å². The van der Waals surface area contributed by atoms with Gasteiger partial charge in [-0.05, 0) is 36.4 Å². The lowest BCUT2D eigenvalue weighted by Crippen LogP contribution is -2.39. The SMILES string of the molecule is COc1ccc(N2C[C@H](NC(=O)COc3ccccc3)CC2=O)cc1. The van der Waals surface area contributed by atoms with Gasteiger partial charge in [-0.2, -0.15) is 0 Å². The summed E-state index contributed by atoms with van der Waals surface area (Å²) in [6.07, 6.45) is 0.281. The molecule has 0 bridgehead atoms. The van der Waals surface area contributed by atoms with Crippen LogP contribution in [0.5, 0.6) is 11.5 Å². The van der Waals surface area contributed by atoms with Crippen LogP contribution in [0.15, 0.2) is 54.6 Å². The molecule has 0 aromatic heterocycles. The summed E-state index contributed by atoms with van der Waals surface area (Å²) in [5.74, 6) is 1.12. The number of carbonyl (C=O) groups excluding carboxylic acids is 2. The number of amides is 2. The molecule has 6 heteroatoms. The van der Waals surface area contributed by atoms with Gasteiger partial charge in [0, 0.05) is 18.7 Å². The first-order chi connectivity index (χ1) is 12.2. The Balaban J connectivity index is 1.52. The zero-order chi connectivity index (χ0) is 17.6. The molecule has 130 valence electrons. The van der Waals surface area contributed by atoms with E-state index in [1.807, 2.05) is 42.5 Å². The van der Waals surface area contributed by atoms with Crippen LogP contribution in [0.3, 0.4) is 0 Å². The van der Waals surface area contributed by atoms with Crippen molar-refractivity contribution in [2.75, 3.05) is 25.2 Å². The Kier molecular flexibility index (Phi) is 5.18. The summed E-state index contributed by atoms with van der Waals surface area (Å²) in [5.41, 5.74) is 0.795. The predicted octanol–water partition coefficient (Wildman–Crippen LogP) is 2.00. The smallest absolute Gasteiger partial charge is 0.258 e. The molecule has 2 amide bonds. The van der Waals surface area contributed by atoms with Crippen molar-refractivity contribution in [2.24, 2.45) is 0 Å². The van der Waals surface area contributed by atoms with E-state index in [1.54, 1.807) is 24.1 Å². The number of carbonyl (C=O) groups is 2. The minimum Gasteiger partial charge on any atom is -0.497 e. The molecule has 1 N–H and O–H groups in total. The Morgan fingerprint density at radius 2 is 1.84 bits per heavy atom. The second-order valence-electron chi connectivity index (χ2n) is 5.77. The maximum Gasteiger partial charge on any atom is 0.258 e. The van der Waals surface area contributed by atoms with Gasteiger partial charge < -0.3 is 19.7 Å². The highest BCUT2D eigenvalue weighted by atomic mass is 16.5. The molecule has 6 nitrogen and oxygen atoms in total. The van der Waals surface area contributed by atoms with Gasteiger partial charge in [0.2, 0.25) is 5.91 Å². The summed E-state index contributed by atoms with van der Waals surface area (Å²) in [6, 6.07) is 16.2. The fraction of sp³-hybridized carbons (Fsp3) is 0.263. The van der Waals surface area contributed by atoms with Crippen LogP contribution >= 0.6 is 0 Å². The number of benzene rings is 2. The molecule has 2 aromatic carbocycles. The third kappa shape index (κ3) is 4.29. The molecule has 1 aliphatic heterocycles. The Morgan fingerprint density at radius 1 is 1.12 bits per heavy atom. The number of hydrogen-bond acceptors (Lipinski definition) is 4. The quantitative estimate of drug-likeness (QED) is 0.873. The number of nitrogens with one attached hydrogen (secondary N) is 1. The first kappa shape index (κ1) is 16.8. The van der Waals surface area contributed by atoms with E-state index >= 15 is 0 Å².